The predicted molar refractivity (Wildman–Crippen MR) is 132 cm³/mol. The first-order chi connectivity index (χ1) is 17.0. The first kappa shape index (κ1) is 23.0. The third-order valence-electron chi connectivity index (χ3n) is 7.04. The average molecular weight is 475 g/mol. The van der Waals surface area contributed by atoms with Crippen LogP contribution in [-0.2, 0) is 16.6 Å². The van der Waals surface area contributed by atoms with Crippen molar-refractivity contribution in [3.05, 3.63) is 65.4 Å². The molecule has 0 spiro atoms. The second-order valence-electron chi connectivity index (χ2n) is 9.14. The first-order valence-electron chi connectivity index (χ1n) is 12.1. The Labute approximate surface area is 204 Å². The number of nitrogens with zero attached hydrogens (tertiary/aromatic N) is 3. The molecule has 3 aromatic rings. The van der Waals surface area contributed by atoms with Gasteiger partial charge in [0.05, 0.1) is 13.2 Å². The molecule has 8 heteroatoms. The number of hydrogen-bond donors (Lipinski definition) is 1. The van der Waals surface area contributed by atoms with Crippen LogP contribution in [0.5, 0.6) is 5.75 Å². The number of amides is 3. The molecular formula is C27H30N4O4. The van der Waals surface area contributed by atoms with Gasteiger partial charge in [-0.05, 0) is 36.6 Å². The molecule has 35 heavy (non-hydrogen) atoms. The number of ether oxygens (including phenoxy) is 1. The minimum absolute atomic E-state index is 0.0405. The van der Waals surface area contributed by atoms with Crippen LogP contribution in [0.15, 0.2) is 48.5 Å². The second-order valence-corrected chi connectivity index (χ2v) is 9.14. The summed E-state index contributed by atoms with van der Waals surface area (Å²) in [4.78, 5) is 41.8. The van der Waals surface area contributed by atoms with Crippen molar-refractivity contribution in [1.82, 2.24) is 19.7 Å². The Kier molecular flexibility index (Phi) is 6.19. The van der Waals surface area contributed by atoms with Crippen molar-refractivity contribution in [2.24, 2.45) is 7.05 Å². The number of methoxy groups -OCH3 is 1. The van der Waals surface area contributed by atoms with Crippen molar-refractivity contribution in [1.29, 1.82) is 0 Å². The van der Waals surface area contributed by atoms with Gasteiger partial charge in [0, 0.05) is 49.6 Å². The van der Waals surface area contributed by atoms with Gasteiger partial charge in [-0.1, -0.05) is 30.3 Å². The number of benzene rings is 2. The molecule has 2 aliphatic rings. The highest BCUT2D eigenvalue weighted by atomic mass is 16.5. The molecule has 1 aromatic heterocycles. The van der Waals surface area contributed by atoms with Crippen LogP contribution in [0.3, 0.4) is 0 Å². The highest BCUT2D eigenvalue weighted by Crippen LogP contribution is 2.43. The van der Waals surface area contributed by atoms with Gasteiger partial charge in [-0.15, -0.1) is 0 Å². The van der Waals surface area contributed by atoms with Gasteiger partial charge in [0.1, 0.15) is 18.0 Å². The first-order valence-corrected chi connectivity index (χ1v) is 12.1. The fourth-order valence-electron chi connectivity index (χ4n) is 5.31. The van der Waals surface area contributed by atoms with Crippen molar-refractivity contribution in [3.63, 3.8) is 0 Å². The molecule has 0 radical (unpaired) electrons. The zero-order chi connectivity index (χ0) is 24.5. The van der Waals surface area contributed by atoms with Crippen LogP contribution in [0.1, 0.15) is 46.9 Å². The SMILES string of the molecule is COc1ccc(C2c3c(n(C)c4ccccc34)C(=O)N2CC(=O)NCCCN2CCCC2=O)cc1. The molecule has 1 fully saturated rings. The smallest absolute Gasteiger partial charge is 0.272 e. The molecule has 1 atom stereocenters. The van der Waals surface area contributed by atoms with Crippen LogP contribution in [0.2, 0.25) is 0 Å². The standard InChI is InChI=1S/C27H30N4O4/c1-29-21-8-4-3-7-20(21)24-25(18-10-12-19(35-2)13-11-18)31(27(34)26(24)29)17-22(32)28-14-6-16-30-15-5-9-23(30)33/h3-4,7-8,10-13,25H,5-6,9,14-17H2,1-2H3,(H,28,32). The van der Waals surface area contributed by atoms with E-state index < -0.39 is 0 Å². The van der Waals surface area contributed by atoms with Gasteiger partial charge in [-0.3, -0.25) is 14.4 Å². The van der Waals surface area contributed by atoms with Gasteiger partial charge in [0.25, 0.3) is 5.91 Å². The molecule has 2 aromatic carbocycles. The molecule has 8 nitrogen and oxygen atoms in total. The maximum absolute atomic E-state index is 13.6. The summed E-state index contributed by atoms with van der Waals surface area (Å²) in [5, 5.41) is 3.94. The average Bonchev–Trinajstić information content (AvgIpc) is 3.50. The van der Waals surface area contributed by atoms with E-state index in [1.807, 2.05) is 65.0 Å². The maximum Gasteiger partial charge on any atom is 0.272 e. The van der Waals surface area contributed by atoms with Crippen molar-refractivity contribution < 1.29 is 19.1 Å². The second kappa shape index (κ2) is 9.44. The lowest BCUT2D eigenvalue weighted by molar-refractivity contribution is -0.127. The molecule has 0 saturated carbocycles. The Bertz CT molecular complexity index is 1280. The largest absolute Gasteiger partial charge is 0.497 e. The molecule has 182 valence electrons. The van der Waals surface area contributed by atoms with Gasteiger partial charge in [-0.2, -0.15) is 0 Å². The molecule has 1 N–H and O–H groups in total. The highest BCUT2D eigenvalue weighted by Gasteiger charge is 2.42. The van der Waals surface area contributed by atoms with Gasteiger partial charge in [-0.25, -0.2) is 0 Å². The van der Waals surface area contributed by atoms with E-state index in [-0.39, 0.29) is 30.3 Å². The van der Waals surface area contributed by atoms with Crippen molar-refractivity contribution in [2.45, 2.75) is 25.3 Å². The third-order valence-corrected chi connectivity index (χ3v) is 7.04. The molecule has 3 heterocycles. The molecule has 1 unspecified atom stereocenters. The van der Waals surface area contributed by atoms with Gasteiger partial charge in [0.2, 0.25) is 11.8 Å². The van der Waals surface area contributed by atoms with Crippen molar-refractivity contribution in [2.75, 3.05) is 33.3 Å². The fourth-order valence-corrected chi connectivity index (χ4v) is 5.31. The van der Waals surface area contributed by atoms with Crippen LogP contribution in [-0.4, -0.2) is 65.4 Å². The number of nitrogens with one attached hydrogen (secondary N) is 1. The molecular weight excluding hydrogens is 444 g/mol. The van der Waals surface area contributed by atoms with E-state index in [0.29, 0.717) is 31.6 Å². The third kappa shape index (κ3) is 4.13. The van der Waals surface area contributed by atoms with E-state index in [0.717, 1.165) is 40.7 Å². The summed E-state index contributed by atoms with van der Waals surface area (Å²) in [6.07, 6.45) is 2.22. The number of aryl methyl sites for hydroxylation is 1. The van der Waals surface area contributed by atoms with Crippen molar-refractivity contribution in [3.8, 4) is 5.75 Å². The number of hydrogen-bond acceptors (Lipinski definition) is 4. The fraction of sp³-hybridized carbons (Fsp3) is 0.370. The van der Waals surface area contributed by atoms with Crippen LogP contribution >= 0.6 is 0 Å². The van der Waals surface area contributed by atoms with Gasteiger partial charge in [0.15, 0.2) is 0 Å². The summed E-state index contributed by atoms with van der Waals surface area (Å²) in [5.74, 6) is 0.558. The Morgan fingerprint density at radius 1 is 1.11 bits per heavy atom. The topological polar surface area (TPSA) is 83.9 Å². The highest BCUT2D eigenvalue weighted by molar-refractivity contribution is 6.07. The molecule has 5 rings (SSSR count). The van der Waals surface area contributed by atoms with E-state index in [4.69, 9.17) is 4.74 Å². The van der Waals surface area contributed by atoms with Crippen LogP contribution in [0.4, 0.5) is 0 Å². The van der Waals surface area contributed by atoms with Gasteiger partial charge < -0.3 is 24.4 Å². The van der Waals surface area contributed by atoms with Crippen LogP contribution in [0.25, 0.3) is 10.9 Å². The summed E-state index contributed by atoms with van der Waals surface area (Å²) >= 11 is 0. The lowest BCUT2D eigenvalue weighted by Crippen LogP contribution is -2.40. The van der Waals surface area contributed by atoms with Crippen LogP contribution in [0, 0.1) is 0 Å². The lowest BCUT2D eigenvalue weighted by atomic mass is 9.98. The van der Waals surface area contributed by atoms with E-state index in [1.165, 1.54) is 0 Å². The molecule has 0 bridgehead atoms. The molecule has 1 saturated heterocycles. The number of likely N-dealkylation sites (tertiary alicyclic amines) is 1. The number of rotatable bonds is 8. The van der Waals surface area contributed by atoms with Crippen molar-refractivity contribution >= 4 is 28.6 Å². The monoisotopic (exact) mass is 474 g/mol. The van der Waals surface area contributed by atoms with E-state index in [9.17, 15) is 14.4 Å². The number of para-hydroxylation sites is 1. The summed E-state index contributed by atoms with van der Waals surface area (Å²) in [7, 11) is 3.51. The molecule has 3 amide bonds. The number of carbonyl (C=O) groups is 3. The van der Waals surface area contributed by atoms with E-state index >= 15 is 0 Å². The maximum atomic E-state index is 13.6. The lowest BCUT2D eigenvalue weighted by Gasteiger charge is -2.26. The van der Waals surface area contributed by atoms with Gasteiger partial charge >= 0.3 is 0 Å². The van der Waals surface area contributed by atoms with E-state index in [1.54, 1.807) is 12.0 Å². The Morgan fingerprint density at radius 3 is 2.60 bits per heavy atom. The number of carbonyl (C=O) groups excluding carboxylic acids is 3. The molecule has 0 aliphatic carbocycles. The summed E-state index contributed by atoms with van der Waals surface area (Å²) in [5.41, 5.74) is 3.46. The minimum atomic E-state index is -0.373. The predicted octanol–water partition coefficient (Wildman–Crippen LogP) is 2.86. The number of fused-ring (bicyclic) bond motifs is 3. The number of aromatic nitrogens is 1. The Hall–Kier alpha value is -3.81. The van der Waals surface area contributed by atoms with E-state index in [2.05, 4.69) is 5.32 Å². The Balaban J connectivity index is 1.37. The zero-order valence-corrected chi connectivity index (χ0v) is 20.1. The quantitative estimate of drug-likeness (QED) is 0.509. The molecule has 2 aliphatic heterocycles. The van der Waals surface area contributed by atoms with Crippen LogP contribution < -0.4 is 10.1 Å². The zero-order valence-electron chi connectivity index (χ0n) is 20.1. The summed E-state index contributed by atoms with van der Waals surface area (Å²) in [6.45, 7) is 1.87. The summed E-state index contributed by atoms with van der Waals surface area (Å²) in [6, 6.07) is 15.3. The summed E-state index contributed by atoms with van der Waals surface area (Å²) < 4.78 is 7.24. The minimum Gasteiger partial charge on any atom is -0.497 e. The normalized spacial score (nSPS) is 17.4. The Morgan fingerprint density at radius 2 is 1.89 bits per heavy atom.